The summed E-state index contributed by atoms with van der Waals surface area (Å²) in [5, 5.41) is 3.19. The number of carbonyl (C=O) groups excluding carboxylic acids is 2. The molecule has 3 aromatic rings. The average Bonchev–Trinajstić information content (AvgIpc) is 2.99. The van der Waals surface area contributed by atoms with Crippen LogP contribution in [0.4, 0.5) is 10.1 Å². The molecular formula is C32H39FN4O4S. The van der Waals surface area contributed by atoms with Crippen molar-refractivity contribution in [3.8, 4) is 0 Å². The van der Waals surface area contributed by atoms with Gasteiger partial charge in [-0.05, 0) is 48.2 Å². The molecule has 8 nitrogen and oxygen atoms in total. The number of hydrogen-bond acceptors (Lipinski definition) is 4. The van der Waals surface area contributed by atoms with Gasteiger partial charge in [0, 0.05) is 33.1 Å². The van der Waals surface area contributed by atoms with Gasteiger partial charge in [0.15, 0.2) is 0 Å². The number of halogens is 1. The van der Waals surface area contributed by atoms with Gasteiger partial charge in [0.2, 0.25) is 11.8 Å². The number of rotatable bonds is 12. The second-order valence-corrected chi connectivity index (χ2v) is 12.9. The lowest BCUT2D eigenvalue weighted by atomic mass is 9.94. The van der Waals surface area contributed by atoms with Gasteiger partial charge < -0.3 is 10.2 Å². The predicted octanol–water partition coefficient (Wildman–Crippen LogP) is 4.53. The zero-order valence-corrected chi connectivity index (χ0v) is 25.0. The molecule has 3 aromatic carbocycles. The van der Waals surface area contributed by atoms with Gasteiger partial charge in [-0.15, -0.1) is 0 Å². The molecule has 0 spiro atoms. The van der Waals surface area contributed by atoms with Gasteiger partial charge in [-0.3, -0.25) is 9.59 Å². The summed E-state index contributed by atoms with van der Waals surface area (Å²) in [6, 6.07) is 22.9. The lowest BCUT2D eigenvalue weighted by molar-refractivity contribution is -0.140. The van der Waals surface area contributed by atoms with E-state index >= 15 is 0 Å². The Bertz CT molecular complexity index is 1410. The standard InChI is InChI=1S/C32H39FN4O4S/c1-35(2)42(40,41)37(29-20-18-27(33)19-21-29)24-31(38)36(23-26-14-8-4-9-15-26)30(22-25-12-6-3-7-13-25)32(39)34-28-16-10-5-11-17-28/h3-4,6-9,12-15,18-21,28,30H,5,10-11,16-17,22-24H2,1-2H3,(H,34,39)/t30-/m1/s1. The molecule has 42 heavy (non-hydrogen) atoms. The van der Waals surface area contributed by atoms with Crippen LogP contribution in [-0.2, 0) is 32.8 Å². The van der Waals surface area contributed by atoms with Crippen molar-refractivity contribution < 1.29 is 22.4 Å². The summed E-state index contributed by atoms with van der Waals surface area (Å²) in [5.74, 6) is -1.34. The Labute approximate surface area is 248 Å². The van der Waals surface area contributed by atoms with Crippen LogP contribution < -0.4 is 9.62 Å². The molecule has 224 valence electrons. The van der Waals surface area contributed by atoms with Crippen LogP contribution in [0.5, 0.6) is 0 Å². The molecular weight excluding hydrogens is 555 g/mol. The van der Waals surface area contributed by atoms with E-state index in [2.05, 4.69) is 5.32 Å². The number of benzene rings is 3. The van der Waals surface area contributed by atoms with Crippen molar-refractivity contribution in [1.82, 2.24) is 14.5 Å². The largest absolute Gasteiger partial charge is 0.352 e. The molecule has 0 unspecified atom stereocenters. The SMILES string of the molecule is CN(C)S(=O)(=O)N(CC(=O)N(Cc1ccccc1)[C@H](Cc1ccccc1)C(=O)NC1CCCCC1)c1ccc(F)cc1. The third kappa shape index (κ3) is 8.17. The highest BCUT2D eigenvalue weighted by atomic mass is 32.2. The molecule has 0 aromatic heterocycles. The van der Waals surface area contributed by atoms with Crippen LogP contribution in [0, 0.1) is 5.82 Å². The first-order valence-electron chi connectivity index (χ1n) is 14.3. The van der Waals surface area contributed by atoms with Gasteiger partial charge >= 0.3 is 10.2 Å². The first-order chi connectivity index (χ1) is 20.1. The van der Waals surface area contributed by atoms with Crippen molar-refractivity contribution in [3.63, 3.8) is 0 Å². The fourth-order valence-corrected chi connectivity index (χ4v) is 6.26. The fraction of sp³-hybridized carbons (Fsp3) is 0.375. The quantitative estimate of drug-likeness (QED) is 0.334. The van der Waals surface area contributed by atoms with Gasteiger partial charge in [-0.2, -0.15) is 12.7 Å². The minimum atomic E-state index is -4.14. The number of anilines is 1. The Balaban J connectivity index is 1.73. The molecule has 1 aliphatic rings. The molecule has 0 radical (unpaired) electrons. The summed E-state index contributed by atoms with van der Waals surface area (Å²) in [7, 11) is -1.40. The van der Waals surface area contributed by atoms with Crippen molar-refractivity contribution in [2.45, 2.75) is 57.2 Å². The molecule has 0 bridgehead atoms. The minimum Gasteiger partial charge on any atom is -0.352 e. The summed E-state index contributed by atoms with van der Waals surface area (Å²) in [6.07, 6.45) is 5.24. The molecule has 1 fully saturated rings. The van der Waals surface area contributed by atoms with E-state index in [0.29, 0.717) is 0 Å². The van der Waals surface area contributed by atoms with Crippen LogP contribution in [0.2, 0.25) is 0 Å². The zero-order chi connectivity index (χ0) is 30.1. The molecule has 1 atom stereocenters. The van der Waals surface area contributed by atoms with Crippen LogP contribution >= 0.6 is 0 Å². The molecule has 1 aliphatic carbocycles. The highest BCUT2D eigenvalue weighted by Gasteiger charge is 2.35. The summed E-state index contributed by atoms with van der Waals surface area (Å²) < 4.78 is 42.5. The predicted molar refractivity (Wildman–Crippen MR) is 162 cm³/mol. The average molecular weight is 595 g/mol. The topological polar surface area (TPSA) is 90.0 Å². The van der Waals surface area contributed by atoms with Crippen molar-refractivity contribution in [3.05, 3.63) is 102 Å². The van der Waals surface area contributed by atoms with E-state index in [1.54, 1.807) is 0 Å². The number of carbonyl (C=O) groups is 2. The Morgan fingerprint density at radius 2 is 1.43 bits per heavy atom. The van der Waals surface area contributed by atoms with E-state index in [9.17, 15) is 22.4 Å². The third-order valence-corrected chi connectivity index (χ3v) is 9.37. The number of nitrogens with one attached hydrogen (secondary N) is 1. The van der Waals surface area contributed by atoms with Gasteiger partial charge in [0.25, 0.3) is 0 Å². The lowest BCUT2D eigenvalue weighted by Gasteiger charge is -2.35. The Morgan fingerprint density at radius 1 is 0.857 bits per heavy atom. The van der Waals surface area contributed by atoms with Crippen LogP contribution in [0.3, 0.4) is 0 Å². The highest BCUT2D eigenvalue weighted by molar-refractivity contribution is 7.90. The first kappa shape index (κ1) is 31.2. The van der Waals surface area contributed by atoms with Crippen molar-refractivity contribution >= 4 is 27.7 Å². The summed E-state index contributed by atoms with van der Waals surface area (Å²) in [5.41, 5.74) is 1.83. The molecule has 4 rings (SSSR count). The monoisotopic (exact) mass is 594 g/mol. The molecule has 2 amide bonds. The summed E-state index contributed by atoms with van der Waals surface area (Å²) in [6.45, 7) is -0.463. The highest BCUT2D eigenvalue weighted by Crippen LogP contribution is 2.23. The Morgan fingerprint density at radius 3 is 2.00 bits per heavy atom. The molecule has 1 saturated carbocycles. The summed E-state index contributed by atoms with van der Waals surface area (Å²) >= 11 is 0. The van der Waals surface area contributed by atoms with Crippen LogP contribution in [0.15, 0.2) is 84.9 Å². The van der Waals surface area contributed by atoms with Gasteiger partial charge in [-0.1, -0.05) is 79.9 Å². The van der Waals surface area contributed by atoms with Gasteiger partial charge in [-0.25, -0.2) is 8.70 Å². The number of amides is 2. The van der Waals surface area contributed by atoms with Crippen LogP contribution in [0.25, 0.3) is 0 Å². The lowest BCUT2D eigenvalue weighted by Crippen LogP contribution is -2.55. The van der Waals surface area contributed by atoms with Gasteiger partial charge in [0.05, 0.1) is 5.69 Å². The van der Waals surface area contributed by atoms with Gasteiger partial charge in [0.1, 0.15) is 18.4 Å². The Kier molecular flexibility index (Phi) is 10.7. The van der Waals surface area contributed by atoms with E-state index in [-0.39, 0.29) is 30.6 Å². The third-order valence-electron chi connectivity index (χ3n) is 7.55. The minimum absolute atomic E-state index is 0.0306. The maximum Gasteiger partial charge on any atom is 0.304 e. The summed E-state index contributed by atoms with van der Waals surface area (Å²) in [4.78, 5) is 29.7. The molecule has 0 heterocycles. The van der Waals surface area contributed by atoms with Crippen molar-refractivity contribution in [2.75, 3.05) is 24.9 Å². The van der Waals surface area contributed by atoms with E-state index in [1.165, 1.54) is 31.1 Å². The van der Waals surface area contributed by atoms with Crippen molar-refractivity contribution in [1.29, 1.82) is 0 Å². The maximum absolute atomic E-state index is 14.2. The molecule has 0 saturated heterocycles. The molecule has 1 N–H and O–H groups in total. The second-order valence-electron chi connectivity index (χ2n) is 10.8. The van der Waals surface area contributed by atoms with E-state index in [4.69, 9.17) is 0 Å². The number of hydrogen-bond donors (Lipinski definition) is 1. The van der Waals surface area contributed by atoms with Crippen LogP contribution in [-0.4, -0.2) is 62.2 Å². The van der Waals surface area contributed by atoms with E-state index in [0.717, 1.165) is 64.0 Å². The first-order valence-corrected chi connectivity index (χ1v) is 15.7. The Hall–Kier alpha value is -3.76. The van der Waals surface area contributed by atoms with Crippen LogP contribution in [0.1, 0.15) is 43.2 Å². The second kappa shape index (κ2) is 14.4. The fourth-order valence-electron chi connectivity index (χ4n) is 5.20. The molecule has 10 heteroatoms. The zero-order valence-electron chi connectivity index (χ0n) is 24.2. The van der Waals surface area contributed by atoms with E-state index in [1.807, 2.05) is 60.7 Å². The van der Waals surface area contributed by atoms with E-state index < -0.39 is 34.5 Å². The maximum atomic E-state index is 14.2. The van der Waals surface area contributed by atoms with Crippen molar-refractivity contribution in [2.24, 2.45) is 0 Å². The molecule has 0 aliphatic heterocycles. The smallest absolute Gasteiger partial charge is 0.304 e. The normalized spacial score (nSPS) is 14.8. The number of nitrogens with zero attached hydrogens (tertiary/aromatic N) is 3.